The molecular weight excluding hydrogens is 382 g/mol. The van der Waals surface area contributed by atoms with E-state index in [1.165, 1.54) is 12.5 Å². The molecule has 0 amide bonds. The van der Waals surface area contributed by atoms with Crippen LogP contribution < -0.4 is 0 Å². The molecule has 4 rings (SSSR count). The van der Waals surface area contributed by atoms with Crippen LogP contribution in [0.4, 0.5) is 0 Å². The van der Waals surface area contributed by atoms with Crippen LogP contribution in [0.25, 0.3) is 33.8 Å². The molecule has 3 heterocycles. The zero-order valence-corrected chi connectivity index (χ0v) is 17.6. The number of benzene rings is 1. The Hall–Kier alpha value is -3.06. The number of nitrogens with zero attached hydrogens (tertiary/aromatic N) is 5. The molecule has 0 fully saturated rings. The van der Waals surface area contributed by atoms with Crippen molar-refractivity contribution in [3.63, 3.8) is 0 Å². The van der Waals surface area contributed by atoms with Crippen LogP contribution in [0.5, 0.6) is 0 Å². The smallest absolute Gasteiger partial charge is 0.182 e. The fourth-order valence-corrected chi connectivity index (χ4v) is 3.95. The molecular formula is C22H21N5OS. The molecule has 6 nitrogen and oxygen atoms in total. The summed E-state index contributed by atoms with van der Waals surface area (Å²) in [5.41, 5.74) is 5.82. The fourth-order valence-electron chi connectivity index (χ4n) is 3.15. The number of fused-ring (bicyclic) bond motifs is 1. The van der Waals surface area contributed by atoms with Crippen LogP contribution in [0, 0.1) is 6.92 Å². The minimum absolute atomic E-state index is 0.130. The van der Waals surface area contributed by atoms with Gasteiger partial charge >= 0.3 is 0 Å². The van der Waals surface area contributed by atoms with Gasteiger partial charge in [-0.15, -0.1) is 22.0 Å². The van der Waals surface area contributed by atoms with Crippen molar-refractivity contribution in [1.29, 1.82) is 0 Å². The van der Waals surface area contributed by atoms with Gasteiger partial charge in [0.25, 0.3) is 0 Å². The van der Waals surface area contributed by atoms with Crippen LogP contribution in [-0.2, 0) is 7.05 Å². The van der Waals surface area contributed by atoms with E-state index in [2.05, 4.69) is 54.4 Å². The second-order valence-corrected chi connectivity index (χ2v) is 8.16. The summed E-state index contributed by atoms with van der Waals surface area (Å²) in [5.74, 6) is 1.50. The van der Waals surface area contributed by atoms with Crippen LogP contribution in [0.1, 0.15) is 29.9 Å². The molecule has 3 aromatic heterocycles. The lowest BCUT2D eigenvalue weighted by atomic mass is 10.1. The maximum absolute atomic E-state index is 11.6. The molecule has 29 heavy (non-hydrogen) atoms. The van der Waals surface area contributed by atoms with E-state index < -0.39 is 0 Å². The third-order valence-electron chi connectivity index (χ3n) is 4.73. The van der Waals surface area contributed by atoms with Gasteiger partial charge in [0.15, 0.2) is 17.3 Å². The Morgan fingerprint density at radius 3 is 2.55 bits per heavy atom. The first kappa shape index (κ1) is 19.3. The van der Waals surface area contributed by atoms with Gasteiger partial charge in [0.2, 0.25) is 0 Å². The molecule has 0 N–H and O–H groups in total. The highest BCUT2D eigenvalue weighted by molar-refractivity contribution is 7.99. The third kappa shape index (κ3) is 3.65. The molecule has 146 valence electrons. The van der Waals surface area contributed by atoms with Crippen LogP contribution in [0.15, 0.2) is 47.5 Å². The molecule has 4 aromatic rings. The molecule has 0 aliphatic heterocycles. The summed E-state index contributed by atoms with van der Waals surface area (Å²) in [6.45, 7) is 5.67. The van der Waals surface area contributed by atoms with Gasteiger partial charge < -0.3 is 4.57 Å². The number of imidazole rings is 1. The van der Waals surface area contributed by atoms with E-state index in [1.54, 1.807) is 17.8 Å². The van der Waals surface area contributed by atoms with E-state index in [0.717, 1.165) is 27.5 Å². The summed E-state index contributed by atoms with van der Waals surface area (Å²) in [6.07, 6.45) is 1.88. The first-order valence-corrected chi connectivity index (χ1v) is 10.4. The van der Waals surface area contributed by atoms with E-state index in [9.17, 15) is 4.79 Å². The van der Waals surface area contributed by atoms with Crippen molar-refractivity contribution in [3.8, 4) is 22.6 Å². The lowest BCUT2D eigenvalue weighted by Crippen LogP contribution is -2.01. The maximum Gasteiger partial charge on any atom is 0.182 e. The van der Waals surface area contributed by atoms with Crippen LogP contribution in [0.2, 0.25) is 0 Å². The molecule has 7 heteroatoms. The Balaban J connectivity index is 1.84. The van der Waals surface area contributed by atoms with Crippen molar-refractivity contribution in [3.05, 3.63) is 53.9 Å². The molecule has 0 atom stereocenters. The van der Waals surface area contributed by atoms with Gasteiger partial charge in [0.05, 0.1) is 0 Å². The molecule has 0 spiro atoms. The zero-order chi connectivity index (χ0) is 20.5. The Morgan fingerprint density at radius 2 is 1.86 bits per heavy atom. The number of carbonyl (C=O) groups excluding carboxylic acids is 1. The van der Waals surface area contributed by atoms with Gasteiger partial charge in [-0.2, -0.15) is 0 Å². The standard InChI is InChI=1S/C22H21N5OS/c1-5-29-19-10-16(15-8-6-13(2)7-9-15)12-23-20(19)22-24-18-11-17(14(3)28)25-26-21(18)27(22)4/h6-12H,5H2,1-4H3. The molecule has 0 aliphatic rings. The molecule has 0 bridgehead atoms. The lowest BCUT2D eigenvalue weighted by Gasteiger charge is -2.10. The van der Waals surface area contributed by atoms with Crippen molar-refractivity contribution in [2.24, 2.45) is 7.05 Å². The predicted octanol–water partition coefficient (Wildman–Crippen LogP) is 4.72. The lowest BCUT2D eigenvalue weighted by molar-refractivity contribution is 0.101. The van der Waals surface area contributed by atoms with Gasteiger partial charge in [0, 0.05) is 30.6 Å². The normalized spacial score (nSPS) is 11.2. The van der Waals surface area contributed by atoms with Gasteiger partial charge in [-0.1, -0.05) is 36.8 Å². The average Bonchev–Trinajstić information content (AvgIpc) is 3.04. The first-order chi connectivity index (χ1) is 14.0. The number of aryl methyl sites for hydroxylation is 2. The first-order valence-electron chi connectivity index (χ1n) is 9.39. The molecule has 0 saturated carbocycles. The SMILES string of the molecule is CCSc1cc(-c2ccc(C)cc2)cnc1-c1nc2cc(C(C)=O)nnc2n1C. The zero-order valence-electron chi connectivity index (χ0n) is 16.8. The largest absolute Gasteiger partial charge is 0.309 e. The van der Waals surface area contributed by atoms with E-state index in [-0.39, 0.29) is 5.78 Å². The molecule has 0 saturated heterocycles. The molecule has 1 aromatic carbocycles. The van der Waals surface area contributed by atoms with Crippen molar-refractivity contribution in [2.45, 2.75) is 25.7 Å². The van der Waals surface area contributed by atoms with Gasteiger partial charge in [0.1, 0.15) is 16.9 Å². The van der Waals surface area contributed by atoms with E-state index in [0.29, 0.717) is 22.7 Å². The number of rotatable bonds is 5. The molecule has 0 unspecified atom stereocenters. The summed E-state index contributed by atoms with van der Waals surface area (Å²) in [6, 6.07) is 12.3. The number of ketones is 1. The highest BCUT2D eigenvalue weighted by atomic mass is 32.2. The minimum atomic E-state index is -0.130. The van der Waals surface area contributed by atoms with Gasteiger partial charge in [-0.3, -0.25) is 9.78 Å². The second-order valence-electron chi connectivity index (χ2n) is 6.86. The van der Waals surface area contributed by atoms with E-state index >= 15 is 0 Å². The van der Waals surface area contributed by atoms with Crippen molar-refractivity contribution < 1.29 is 4.79 Å². The summed E-state index contributed by atoms with van der Waals surface area (Å²) >= 11 is 1.73. The Labute approximate surface area is 173 Å². The minimum Gasteiger partial charge on any atom is -0.309 e. The summed E-state index contributed by atoms with van der Waals surface area (Å²) < 4.78 is 1.87. The topological polar surface area (TPSA) is 73.6 Å². The highest BCUT2D eigenvalue weighted by Crippen LogP contribution is 2.33. The number of pyridine rings is 1. The van der Waals surface area contributed by atoms with E-state index in [4.69, 9.17) is 9.97 Å². The quantitative estimate of drug-likeness (QED) is 0.355. The van der Waals surface area contributed by atoms with Crippen molar-refractivity contribution in [2.75, 3.05) is 5.75 Å². The number of hydrogen-bond donors (Lipinski definition) is 0. The molecule has 0 radical (unpaired) electrons. The number of aromatic nitrogens is 5. The fraction of sp³-hybridized carbons (Fsp3) is 0.227. The highest BCUT2D eigenvalue weighted by Gasteiger charge is 2.18. The van der Waals surface area contributed by atoms with Crippen LogP contribution in [0.3, 0.4) is 0 Å². The Bertz CT molecular complexity index is 1210. The van der Waals surface area contributed by atoms with Crippen LogP contribution >= 0.6 is 11.8 Å². The van der Waals surface area contributed by atoms with Crippen molar-refractivity contribution >= 4 is 28.7 Å². The number of Topliss-reactive ketones (excluding diaryl/α,β-unsaturated/α-hetero) is 1. The summed E-state index contributed by atoms with van der Waals surface area (Å²) in [4.78, 5) is 22.2. The maximum atomic E-state index is 11.6. The average molecular weight is 404 g/mol. The Kier molecular flexibility index (Phi) is 5.15. The number of thioether (sulfide) groups is 1. The number of hydrogen-bond acceptors (Lipinski definition) is 6. The summed E-state index contributed by atoms with van der Waals surface area (Å²) in [5, 5.41) is 8.20. The van der Waals surface area contributed by atoms with Crippen molar-refractivity contribution in [1.82, 2.24) is 24.7 Å². The summed E-state index contributed by atoms with van der Waals surface area (Å²) in [7, 11) is 1.89. The number of carbonyl (C=O) groups is 1. The van der Waals surface area contributed by atoms with Gasteiger partial charge in [-0.25, -0.2) is 4.98 Å². The van der Waals surface area contributed by atoms with Crippen LogP contribution in [-0.4, -0.2) is 36.3 Å². The second kappa shape index (κ2) is 7.75. The predicted molar refractivity (Wildman–Crippen MR) is 116 cm³/mol. The van der Waals surface area contributed by atoms with Gasteiger partial charge in [-0.05, 0) is 30.4 Å². The molecule has 0 aliphatic carbocycles. The van der Waals surface area contributed by atoms with E-state index in [1.807, 2.05) is 17.8 Å². The Morgan fingerprint density at radius 1 is 1.10 bits per heavy atom. The third-order valence-corrected chi connectivity index (χ3v) is 5.64. The monoisotopic (exact) mass is 403 g/mol.